The van der Waals surface area contributed by atoms with Crippen LogP contribution in [0.25, 0.3) is 0 Å². The maximum absolute atomic E-state index is 6.07. The zero-order valence-electron chi connectivity index (χ0n) is 10.4. The van der Waals surface area contributed by atoms with E-state index >= 15 is 0 Å². The summed E-state index contributed by atoms with van der Waals surface area (Å²) in [5, 5.41) is 0.790. The van der Waals surface area contributed by atoms with Crippen molar-refractivity contribution in [3.8, 4) is 0 Å². The Morgan fingerprint density at radius 3 is 1.79 bits per heavy atom. The van der Waals surface area contributed by atoms with Crippen molar-refractivity contribution in [1.82, 2.24) is 4.98 Å². The molecule has 0 saturated carbocycles. The normalized spacial score (nSPS) is 10.8. The molecule has 0 bridgehead atoms. The summed E-state index contributed by atoms with van der Waals surface area (Å²) in [5.74, 6) is 0.105. The van der Waals surface area contributed by atoms with Crippen LogP contribution in [0.2, 0.25) is 0 Å². The number of aromatic nitrogens is 1. The number of nitrogens with zero attached hydrogens (tertiary/aromatic N) is 1. The van der Waals surface area contributed by atoms with E-state index in [1.165, 1.54) is 22.5 Å². The summed E-state index contributed by atoms with van der Waals surface area (Å²) < 4.78 is 0. The van der Waals surface area contributed by atoms with Gasteiger partial charge in [0.25, 0.3) is 0 Å². The second-order valence-electron chi connectivity index (χ2n) is 4.36. The Hall–Kier alpha value is -2.13. The number of benzene rings is 2. The fraction of sp³-hybridized carbons (Fsp3) is 0.0625. The first-order chi connectivity index (χ1) is 9.36. The topological polar surface area (TPSA) is 38.9 Å². The largest absolute Gasteiger partial charge is 0.389 e. The van der Waals surface area contributed by atoms with Crippen molar-refractivity contribution in [2.75, 3.05) is 5.73 Å². The molecule has 1 aromatic heterocycles. The summed E-state index contributed by atoms with van der Waals surface area (Å²) in [4.78, 5) is 4.46. The van der Waals surface area contributed by atoms with E-state index in [2.05, 4.69) is 29.2 Å². The second kappa shape index (κ2) is 5.24. The molecule has 0 amide bonds. The average Bonchev–Trinajstić information content (AvgIpc) is 2.88. The lowest BCUT2D eigenvalue weighted by Crippen LogP contribution is -2.05. The summed E-state index contributed by atoms with van der Waals surface area (Å²) in [7, 11) is 0. The van der Waals surface area contributed by atoms with Crippen LogP contribution in [-0.4, -0.2) is 4.98 Å². The fourth-order valence-electron chi connectivity index (χ4n) is 2.28. The lowest BCUT2D eigenvalue weighted by Gasteiger charge is -2.16. The van der Waals surface area contributed by atoms with Crippen molar-refractivity contribution in [3.63, 3.8) is 0 Å². The SMILES string of the molecule is Nc1scnc1C(c1ccccc1)c1ccccc1. The molecule has 0 fully saturated rings. The first-order valence-corrected chi connectivity index (χ1v) is 7.03. The number of nitrogen functional groups attached to an aromatic ring is 1. The Morgan fingerprint density at radius 2 is 1.37 bits per heavy atom. The van der Waals surface area contributed by atoms with E-state index in [0.717, 1.165) is 10.7 Å². The van der Waals surface area contributed by atoms with Gasteiger partial charge in [-0.2, -0.15) is 0 Å². The van der Waals surface area contributed by atoms with E-state index in [9.17, 15) is 0 Å². The number of hydrogen-bond acceptors (Lipinski definition) is 3. The molecular weight excluding hydrogens is 252 g/mol. The van der Waals surface area contributed by atoms with E-state index in [-0.39, 0.29) is 5.92 Å². The zero-order valence-corrected chi connectivity index (χ0v) is 11.2. The van der Waals surface area contributed by atoms with Crippen molar-refractivity contribution in [3.05, 3.63) is 83.0 Å². The van der Waals surface area contributed by atoms with Gasteiger partial charge in [0.05, 0.1) is 17.1 Å². The molecule has 0 unspecified atom stereocenters. The lowest BCUT2D eigenvalue weighted by molar-refractivity contribution is 0.937. The van der Waals surface area contributed by atoms with Crippen LogP contribution in [0.3, 0.4) is 0 Å². The highest BCUT2D eigenvalue weighted by molar-refractivity contribution is 7.13. The predicted octanol–water partition coefficient (Wildman–Crippen LogP) is 3.91. The summed E-state index contributed by atoms with van der Waals surface area (Å²) in [6.07, 6.45) is 0. The van der Waals surface area contributed by atoms with Gasteiger partial charge < -0.3 is 5.73 Å². The highest BCUT2D eigenvalue weighted by Gasteiger charge is 2.20. The van der Waals surface area contributed by atoms with Gasteiger partial charge in [-0.25, -0.2) is 4.98 Å². The highest BCUT2D eigenvalue weighted by Crippen LogP contribution is 2.35. The molecular formula is C16H14N2S. The minimum atomic E-state index is 0.105. The van der Waals surface area contributed by atoms with Gasteiger partial charge in [0.1, 0.15) is 5.00 Å². The maximum Gasteiger partial charge on any atom is 0.110 e. The van der Waals surface area contributed by atoms with E-state index in [1.807, 2.05) is 41.9 Å². The molecule has 0 aliphatic heterocycles. The van der Waals surface area contributed by atoms with Crippen molar-refractivity contribution < 1.29 is 0 Å². The van der Waals surface area contributed by atoms with Crippen LogP contribution in [0.1, 0.15) is 22.7 Å². The van der Waals surface area contributed by atoms with E-state index in [4.69, 9.17) is 5.73 Å². The quantitative estimate of drug-likeness (QED) is 0.780. The minimum absolute atomic E-state index is 0.105. The molecule has 0 saturated heterocycles. The summed E-state index contributed by atoms with van der Waals surface area (Å²) in [5.41, 5.74) is 11.3. The molecule has 0 radical (unpaired) electrons. The standard InChI is InChI=1S/C16H14N2S/c17-16-15(18-11-19-16)14(12-7-3-1-4-8-12)13-9-5-2-6-10-13/h1-11,14H,17H2. The molecule has 0 spiro atoms. The maximum atomic E-state index is 6.07. The first kappa shape index (κ1) is 11.9. The Morgan fingerprint density at radius 1 is 0.842 bits per heavy atom. The molecule has 2 nitrogen and oxygen atoms in total. The Labute approximate surface area is 116 Å². The van der Waals surface area contributed by atoms with Crippen LogP contribution in [0, 0.1) is 0 Å². The number of hydrogen-bond donors (Lipinski definition) is 1. The van der Waals surface area contributed by atoms with Crippen molar-refractivity contribution in [2.45, 2.75) is 5.92 Å². The monoisotopic (exact) mass is 266 g/mol. The van der Waals surface area contributed by atoms with E-state index in [0.29, 0.717) is 0 Å². The van der Waals surface area contributed by atoms with Gasteiger partial charge in [-0.3, -0.25) is 0 Å². The van der Waals surface area contributed by atoms with Crippen LogP contribution in [0.5, 0.6) is 0 Å². The van der Waals surface area contributed by atoms with Crippen molar-refractivity contribution >= 4 is 16.3 Å². The van der Waals surface area contributed by atoms with Crippen LogP contribution < -0.4 is 5.73 Å². The van der Waals surface area contributed by atoms with E-state index in [1.54, 1.807) is 0 Å². The fourth-order valence-corrected chi connectivity index (χ4v) is 2.85. The number of thiazole rings is 1. The number of nitrogens with two attached hydrogens (primary N) is 1. The molecule has 3 aromatic rings. The molecule has 19 heavy (non-hydrogen) atoms. The Balaban J connectivity index is 2.15. The third-order valence-corrected chi connectivity index (χ3v) is 3.84. The number of rotatable bonds is 3. The first-order valence-electron chi connectivity index (χ1n) is 6.15. The number of anilines is 1. The third kappa shape index (κ3) is 2.37. The van der Waals surface area contributed by atoms with E-state index < -0.39 is 0 Å². The van der Waals surface area contributed by atoms with Gasteiger partial charge in [-0.05, 0) is 11.1 Å². The molecule has 1 heterocycles. The predicted molar refractivity (Wildman–Crippen MR) is 80.4 cm³/mol. The third-order valence-electron chi connectivity index (χ3n) is 3.16. The smallest absolute Gasteiger partial charge is 0.110 e. The Bertz CT molecular complexity index is 607. The van der Waals surface area contributed by atoms with Gasteiger partial charge in [-0.1, -0.05) is 60.7 Å². The second-order valence-corrected chi connectivity index (χ2v) is 5.24. The molecule has 3 rings (SSSR count). The summed E-state index contributed by atoms with van der Waals surface area (Å²) >= 11 is 1.49. The molecule has 3 heteroatoms. The zero-order chi connectivity index (χ0) is 13.1. The van der Waals surface area contributed by atoms with Crippen LogP contribution in [0.4, 0.5) is 5.00 Å². The minimum Gasteiger partial charge on any atom is -0.389 e. The molecule has 94 valence electrons. The van der Waals surface area contributed by atoms with Gasteiger partial charge in [0, 0.05) is 0 Å². The van der Waals surface area contributed by atoms with Crippen LogP contribution >= 0.6 is 11.3 Å². The van der Waals surface area contributed by atoms with Gasteiger partial charge in [0.15, 0.2) is 0 Å². The lowest BCUT2D eigenvalue weighted by atomic mass is 9.89. The van der Waals surface area contributed by atoms with Gasteiger partial charge in [0.2, 0.25) is 0 Å². The van der Waals surface area contributed by atoms with Gasteiger partial charge >= 0.3 is 0 Å². The summed E-state index contributed by atoms with van der Waals surface area (Å²) in [6.45, 7) is 0. The molecule has 2 aromatic carbocycles. The van der Waals surface area contributed by atoms with Crippen LogP contribution in [-0.2, 0) is 0 Å². The average molecular weight is 266 g/mol. The van der Waals surface area contributed by atoms with Crippen molar-refractivity contribution in [2.24, 2.45) is 0 Å². The Kier molecular flexibility index (Phi) is 3.29. The molecule has 0 aliphatic rings. The highest BCUT2D eigenvalue weighted by atomic mass is 32.1. The molecule has 0 aliphatic carbocycles. The summed E-state index contributed by atoms with van der Waals surface area (Å²) in [6, 6.07) is 20.7. The van der Waals surface area contributed by atoms with Crippen molar-refractivity contribution in [1.29, 1.82) is 0 Å². The van der Waals surface area contributed by atoms with Gasteiger partial charge in [-0.15, -0.1) is 11.3 Å². The molecule has 2 N–H and O–H groups in total. The molecule has 0 atom stereocenters. The van der Waals surface area contributed by atoms with Crippen LogP contribution in [0.15, 0.2) is 66.2 Å².